The minimum atomic E-state index is 0.136. The molecular formula is C17H33N2O2+. The van der Waals surface area contributed by atoms with Gasteiger partial charge in [0.15, 0.2) is 0 Å². The van der Waals surface area contributed by atoms with Crippen molar-refractivity contribution >= 4 is 5.91 Å². The van der Waals surface area contributed by atoms with E-state index < -0.39 is 0 Å². The average molecular weight is 297 g/mol. The van der Waals surface area contributed by atoms with Gasteiger partial charge in [0.25, 0.3) is 0 Å². The van der Waals surface area contributed by atoms with Gasteiger partial charge in [0.05, 0.1) is 32.8 Å². The molecule has 1 amide bonds. The SMILES string of the molecule is CCN(CC)C(=O)COC[C@@H]1CCC[N@+]2(C)CCCC[C@H]12. The molecule has 2 fully saturated rings. The maximum atomic E-state index is 12.0. The van der Waals surface area contributed by atoms with Gasteiger partial charge in [0, 0.05) is 25.4 Å². The minimum absolute atomic E-state index is 0.136. The van der Waals surface area contributed by atoms with Gasteiger partial charge in [-0.2, -0.15) is 0 Å². The highest BCUT2D eigenvalue weighted by molar-refractivity contribution is 5.77. The number of rotatable bonds is 6. The van der Waals surface area contributed by atoms with E-state index >= 15 is 0 Å². The lowest BCUT2D eigenvalue weighted by atomic mass is 9.82. The standard InChI is InChI=1S/C17H33N2O2/c1-4-18(5-2)17(20)14-21-13-15-9-8-12-19(3)11-7-6-10-16(15)19/h15-16H,4-14H2,1-3H3/q+1/t15-,16+,19-/m0/s1. The van der Waals surface area contributed by atoms with Crippen LogP contribution in [0, 0.1) is 5.92 Å². The summed E-state index contributed by atoms with van der Waals surface area (Å²) in [6, 6.07) is 0.760. The Hall–Kier alpha value is -0.610. The van der Waals surface area contributed by atoms with E-state index in [0.717, 1.165) is 25.7 Å². The van der Waals surface area contributed by atoms with Crippen LogP contribution in [0.3, 0.4) is 0 Å². The second kappa shape index (κ2) is 7.59. The van der Waals surface area contributed by atoms with E-state index in [2.05, 4.69) is 7.05 Å². The van der Waals surface area contributed by atoms with Crippen molar-refractivity contribution in [1.82, 2.24) is 4.90 Å². The van der Waals surface area contributed by atoms with Crippen molar-refractivity contribution in [3.05, 3.63) is 0 Å². The van der Waals surface area contributed by atoms with Crippen LogP contribution in [0.15, 0.2) is 0 Å². The number of hydrogen-bond donors (Lipinski definition) is 0. The van der Waals surface area contributed by atoms with Gasteiger partial charge in [-0.05, 0) is 39.5 Å². The van der Waals surface area contributed by atoms with Gasteiger partial charge in [-0.3, -0.25) is 4.79 Å². The molecule has 0 saturated carbocycles. The van der Waals surface area contributed by atoms with Crippen molar-refractivity contribution in [3.8, 4) is 0 Å². The summed E-state index contributed by atoms with van der Waals surface area (Å²) in [6.45, 7) is 9.29. The first-order valence-corrected chi connectivity index (χ1v) is 8.80. The first-order valence-electron chi connectivity index (χ1n) is 8.80. The first-order chi connectivity index (χ1) is 10.1. The summed E-state index contributed by atoms with van der Waals surface area (Å²) in [6.07, 6.45) is 6.67. The van der Waals surface area contributed by atoms with Gasteiger partial charge in [0.1, 0.15) is 6.61 Å². The van der Waals surface area contributed by atoms with Gasteiger partial charge in [0.2, 0.25) is 5.91 Å². The molecule has 0 N–H and O–H groups in total. The van der Waals surface area contributed by atoms with Crippen LogP contribution in [0.4, 0.5) is 0 Å². The number of fused-ring (bicyclic) bond motifs is 1. The lowest BCUT2D eigenvalue weighted by molar-refractivity contribution is -0.947. The summed E-state index contributed by atoms with van der Waals surface area (Å²) in [5.74, 6) is 0.783. The zero-order valence-corrected chi connectivity index (χ0v) is 14.1. The molecular weight excluding hydrogens is 264 g/mol. The second-order valence-corrected chi connectivity index (χ2v) is 6.97. The summed E-state index contributed by atoms with van der Waals surface area (Å²) in [7, 11) is 2.43. The molecule has 2 heterocycles. The average Bonchev–Trinajstić information content (AvgIpc) is 2.48. The molecule has 2 aliphatic heterocycles. The lowest BCUT2D eigenvalue weighted by Crippen LogP contribution is -2.61. The Morgan fingerprint density at radius 2 is 1.86 bits per heavy atom. The van der Waals surface area contributed by atoms with Gasteiger partial charge in [-0.25, -0.2) is 0 Å². The van der Waals surface area contributed by atoms with Crippen molar-refractivity contribution in [3.63, 3.8) is 0 Å². The predicted molar refractivity (Wildman–Crippen MR) is 85.0 cm³/mol. The number of quaternary nitrogens is 1. The first kappa shape index (κ1) is 16.8. The van der Waals surface area contributed by atoms with E-state index in [-0.39, 0.29) is 12.5 Å². The monoisotopic (exact) mass is 297 g/mol. The minimum Gasteiger partial charge on any atom is -0.371 e. The van der Waals surface area contributed by atoms with E-state index in [1.807, 2.05) is 18.7 Å². The Morgan fingerprint density at radius 1 is 1.14 bits per heavy atom. The third kappa shape index (κ3) is 3.98. The summed E-state index contributed by atoms with van der Waals surface area (Å²) in [4.78, 5) is 13.8. The van der Waals surface area contributed by atoms with Crippen molar-refractivity contribution < 1.29 is 14.0 Å². The smallest absolute Gasteiger partial charge is 0.248 e. The molecule has 0 spiro atoms. The number of nitrogens with zero attached hydrogens (tertiary/aromatic N) is 2. The number of carbonyl (C=O) groups excluding carboxylic acids is 1. The van der Waals surface area contributed by atoms with Crippen LogP contribution < -0.4 is 0 Å². The fourth-order valence-corrected chi connectivity index (χ4v) is 4.39. The molecule has 0 bridgehead atoms. The Morgan fingerprint density at radius 3 is 2.57 bits per heavy atom. The van der Waals surface area contributed by atoms with E-state index in [1.165, 1.54) is 49.7 Å². The van der Waals surface area contributed by atoms with Crippen LogP contribution in [0.2, 0.25) is 0 Å². The van der Waals surface area contributed by atoms with Crippen molar-refractivity contribution in [1.29, 1.82) is 0 Å². The molecule has 122 valence electrons. The molecule has 2 saturated heterocycles. The van der Waals surface area contributed by atoms with Crippen molar-refractivity contribution in [2.45, 2.75) is 52.0 Å². The Labute approximate surface area is 130 Å². The summed E-state index contributed by atoms with van der Waals surface area (Å²) in [5, 5.41) is 0. The molecule has 21 heavy (non-hydrogen) atoms. The zero-order valence-electron chi connectivity index (χ0n) is 14.1. The molecule has 3 atom stereocenters. The Kier molecular flexibility index (Phi) is 6.06. The molecule has 0 aromatic carbocycles. The largest absolute Gasteiger partial charge is 0.371 e. The van der Waals surface area contributed by atoms with E-state index in [9.17, 15) is 4.79 Å². The summed E-state index contributed by atoms with van der Waals surface area (Å²) < 4.78 is 7.06. The Balaban J connectivity index is 1.81. The topological polar surface area (TPSA) is 29.5 Å². The highest BCUT2D eigenvalue weighted by atomic mass is 16.5. The number of amides is 1. The van der Waals surface area contributed by atoms with Crippen molar-refractivity contribution in [2.24, 2.45) is 5.92 Å². The molecule has 2 aliphatic rings. The van der Waals surface area contributed by atoms with Gasteiger partial charge in [-0.1, -0.05) is 0 Å². The van der Waals surface area contributed by atoms with E-state index in [1.54, 1.807) is 0 Å². The zero-order chi connectivity index (χ0) is 15.3. The molecule has 4 heteroatoms. The fraction of sp³-hybridized carbons (Fsp3) is 0.941. The lowest BCUT2D eigenvalue weighted by Gasteiger charge is -2.51. The molecule has 0 aromatic rings. The quantitative estimate of drug-likeness (QED) is 0.704. The number of likely N-dealkylation sites (N-methyl/N-ethyl adjacent to an activating group) is 1. The normalized spacial score (nSPS) is 32.5. The van der Waals surface area contributed by atoms with Gasteiger partial charge in [-0.15, -0.1) is 0 Å². The highest BCUT2D eigenvalue weighted by Gasteiger charge is 2.43. The molecule has 0 aromatic heterocycles. The summed E-state index contributed by atoms with van der Waals surface area (Å²) >= 11 is 0. The second-order valence-electron chi connectivity index (χ2n) is 6.97. The van der Waals surface area contributed by atoms with Crippen LogP contribution in [0.25, 0.3) is 0 Å². The van der Waals surface area contributed by atoms with E-state index in [0.29, 0.717) is 5.92 Å². The molecule has 0 unspecified atom stereocenters. The number of hydrogen-bond acceptors (Lipinski definition) is 2. The van der Waals surface area contributed by atoms with Crippen LogP contribution in [-0.4, -0.2) is 67.8 Å². The Bertz CT molecular complexity index is 340. The van der Waals surface area contributed by atoms with Crippen molar-refractivity contribution in [2.75, 3.05) is 46.4 Å². The van der Waals surface area contributed by atoms with Crippen LogP contribution in [0.1, 0.15) is 46.0 Å². The van der Waals surface area contributed by atoms with Crippen LogP contribution in [-0.2, 0) is 9.53 Å². The van der Waals surface area contributed by atoms with E-state index in [4.69, 9.17) is 4.74 Å². The van der Waals surface area contributed by atoms with Gasteiger partial charge >= 0.3 is 0 Å². The highest BCUT2D eigenvalue weighted by Crippen LogP contribution is 2.36. The van der Waals surface area contributed by atoms with Gasteiger partial charge < -0.3 is 14.1 Å². The third-order valence-corrected chi connectivity index (χ3v) is 5.68. The maximum Gasteiger partial charge on any atom is 0.248 e. The molecule has 0 radical (unpaired) electrons. The number of carbonyl (C=O) groups is 1. The fourth-order valence-electron chi connectivity index (χ4n) is 4.39. The number of piperidine rings is 2. The third-order valence-electron chi connectivity index (χ3n) is 5.68. The predicted octanol–water partition coefficient (Wildman–Crippen LogP) is 2.28. The molecule has 2 rings (SSSR count). The number of ether oxygens (including phenoxy) is 1. The summed E-state index contributed by atoms with van der Waals surface area (Å²) in [5.41, 5.74) is 0. The van der Waals surface area contributed by atoms with Crippen LogP contribution >= 0.6 is 0 Å². The maximum absolute atomic E-state index is 12.0. The van der Waals surface area contributed by atoms with Crippen LogP contribution in [0.5, 0.6) is 0 Å². The molecule has 0 aliphatic carbocycles. The molecule has 4 nitrogen and oxygen atoms in total.